The highest BCUT2D eigenvalue weighted by atomic mass is 16.5. The number of piperazine rings is 2. The van der Waals surface area contributed by atoms with E-state index in [1.807, 2.05) is 30.3 Å². The number of methoxy groups -OCH3 is 1. The summed E-state index contributed by atoms with van der Waals surface area (Å²) in [7, 11) is 1.63. The standard InChI is InChI=1S/C17H20N4O3/c1-23-13-4-2-3-12(9-13)14-10-16(24-19-14)21-8-7-20-6-5-18-11-15(20)17(21)22/h2-4,9-10,15,18H,5-8,11H2,1H3/t15-/m1/s1. The number of carbonyl (C=O) groups is 1. The van der Waals surface area contributed by atoms with Crippen LogP contribution in [0, 0.1) is 0 Å². The maximum absolute atomic E-state index is 12.7. The third kappa shape index (κ3) is 2.65. The quantitative estimate of drug-likeness (QED) is 0.905. The minimum absolute atomic E-state index is 0.0711. The number of aromatic nitrogens is 1. The maximum atomic E-state index is 12.7. The highest BCUT2D eigenvalue weighted by Gasteiger charge is 2.38. The van der Waals surface area contributed by atoms with Gasteiger partial charge in [0.05, 0.1) is 7.11 Å². The smallest absolute Gasteiger partial charge is 0.248 e. The highest BCUT2D eigenvalue weighted by molar-refractivity contribution is 5.97. The summed E-state index contributed by atoms with van der Waals surface area (Å²) in [6.45, 7) is 4.02. The molecule has 2 fully saturated rings. The first-order chi connectivity index (χ1) is 11.8. The van der Waals surface area contributed by atoms with E-state index in [1.165, 1.54) is 0 Å². The Hall–Kier alpha value is -2.38. The Balaban J connectivity index is 1.57. The maximum Gasteiger partial charge on any atom is 0.248 e. The van der Waals surface area contributed by atoms with Crippen molar-refractivity contribution in [1.82, 2.24) is 15.4 Å². The number of hydrogen-bond donors (Lipinski definition) is 1. The van der Waals surface area contributed by atoms with Crippen molar-refractivity contribution in [1.29, 1.82) is 0 Å². The summed E-state index contributed by atoms with van der Waals surface area (Å²) in [6.07, 6.45) is 0. The second-order valence-corrected chi connectivity index (χ2v) is 6.03. The first kappa shape index (κ1) is 15.2. The summed E-state index contributed by atoms with van der Waals surface area (Å²) in [4.78, 5) is 16.7. The van der Waals surface area contributed by atoms with Crippen LogP contribution in [0.15, 0.2) is 34.9 Å². The molecule has 0 saturated carbocycles. The van der Waals surface area contributed by atoms with Gasteiger partial charge in [-0.25, -0.2) is 0 Å². The molecule has 1 atom stereocenters. The molecule has 0 bridgehead atoms. The van der Waals surface area contributed by atoms with Gasteiger partial charge in [0.15, 0.2) is 0 Å². The van der Waals surface area contributed by atoms with Crippen molar-refractivity contribution in [2.24, 2.45) is 0 Å². The second-order valence-electron chi connectivity index (χ2n) is 6.03. The minimum Gasteiger partial charge on any atom is -0.497 e. The molecule has 0 unspecified atom stereocenters. The van der Waals surface area contributed by atoms with E-state index in [0.717, 1.165) is 30.9 Å². The molecular weight excluding hydrogens is 308 g/mol. The van der Waals surface area contributed by atoms with Crippen LogP contribution in [0.3, 0.4) is 0 Å². The van der Waals surface area contributed by atoms with E-state index < -0.39 is 0 Å². The first-order valence-corrected chi connectivity index (χ1v) is 8.13. The van der Waals surface area contributed by atoms with Gasteiger partial charge in [0.25, 0.3) is 0 Å². The molecule has 24 heavy (non-hydrogen) atoms. The molecule has 0 radical (unpaired) electrons. The largest absolute Gasteiger partial charge is 0.497 e. The lowest BCUT2D eigenvalue weighted by Crippen LogP contribution is -2.64. The SMILES string of the molecule is COc1cccc(-c2cc(N3CCN4CCNC[C@@H]4C3=O)on2)c1. The third-order valence-corrected chi connectivity index (χ3v) is 4.65. The molecule has 7 heteroatoms. The van der Waals surface area contributed by atoms with Crippen LogP contribution < -0.4 is 15.0 Å². The van der Waals surface area contributed by atoms with Gasteiger partial charge in [0.2, 0.25) is 11.8 Å². The van der Waals surface area contributed by atoms with Crippen LogP contribution in [0.5, 0.6) is 5.75 Å². The van der Waals surface area contributed by atoms with Crippen LogP contribution in [-0.2, 0) is 4.79 Å². The van der Waals surface area contributed by atoms with E-state index in [-0.39, 0.29) is 11.9 Å². The van der Waals surface area contributed by atoms with Crippen LogP contribution in [0.2, 0.25) is 0 Å². The van der Waals surface area contributed by atoms with Crippen LogP contribution >= 0.6 is 0 Å². The van der Waals surface area contributed by atoms with Gasteiger partial charge in [-0.1, -0.05) is 17.3 Å². The lowest BCUT2D eigenvalue weighted by molar-refractivity contribution is -0.126. The topological polar surface area (TPSA) is 70.8 Å². The summed E-state index contributed by atoms with van der Waals surface area (Å²) in [5.41, 5.74) is 1.59. The molecule has 7 nitrogen and oxygen atoms in total. The Kier molecular flexibility index (Phi) is 3.95. The Morgan fingerprint density at radius 2 is 2.21 bits per heavy atom. The normalized spacial score (nSPS) is 21.6. The molecule has 126 valence electrons. The van der Waals surface area contributed by atoms with Gasteiger partial charge in [0.1, 0.15) is 17.5 Å². The van der Waals surface area contributed by atoms with E-state index in [1.54, 1.807) is 12.0 Å². The number of nitrogens with zero attached hydrogens (tertiary/aromatic N) is 3. The van der Waals surface area contributed by atoms with Gasteiger partial charge in [-0.15, -0.1) is 0 Å². The number of amides is 1. The molecule has 0 aliphatic carbocycles. The van der Waals surface area contributed by atoms with Gasteiger partial charge < -0.3 is 14.6 Å². The molecule has 2 aliphatic rings. The van der Waals surface area contributed by atoms with Gasteiger partial charge >= 0.3 is 0 Å². The summed E-state index contributed by atoms with van der Waals surface area (Å²) in [6, 6.07) is 9.32. The van der Waals surface area contributed by atoms with Crippen LogP contribution in [0.4, 0.5) is 5.88 Å². The monoisotopic (exact) mass is 328 g/mol. The van der Waals surface area contributed by atoms with Crippen molar-refractivity contribution in [2.75, 3.05) is 44.7 Å². The fourth-order valence-electron chi connectivity index (χ4n) is 3.31. The minimum atomic E-state index is -0.113. The Bertz CT molecular complexity index is 745. The summed E-state index contributed by atoms with van der Waals surface area (Å²) in [5.74, 6) is 1.33. The van der Waals surface area contributed by atoms with E-state index in [9.17, 15) is 4.79 Å². The predicted molar refractivity (Wildman–Crippen MR) is 89.1 cm³/mol. The number of ether oxygens (including phenoxy) is 1. The number of rotatable bonds is 3. The molecule has 3 heterocycles. The number of nitrogens with one attached hydrogen (secondary N) is 1. The van der Waals surface area contributed by atoms with E-state index >= 15 is 0 Å². The number of benzene rings is 1. The van der Waals surface area contributed by atoms with Crippen LogP contribution in [-0.4, -0.2) is 61.8 Å². The number of anilines is 1. The molecule has 4 rings (SSSR count). The first-order valence-electron chi connectivity index (χ1n) is 8.13. The Labute approximate surface area is 140 Å². The zero-order valence-electron chi connectivity index (χ0n) is 13.6. The second kappa shape index (κ2) is 6.26. The van der Waals surface area contributed by atoms with Crippen molar-refractivity contribution in [3.8, 4) is 17.0 Å². The average Bonchev–Trinajstić information content (AvgIpc) is 3.12. The molecule has 1 amide bonds. The van der Waals surface area contributed by atoms with Gasteiger partial charge in [-0.2, -0.15) is 0 Å². The van der Waals surface area contributed by atoms with Crippen molar-refractivity contribution in [3.05, 3.63) is 30.3 Å². The van der Waals surface area contributed by atoms with Crippen LogP contribution in [0.25, 0.3) is 11.3 Å². The number of carbonyl (C=O) groups excluding carboxylic acids is 1. The fraction of sp³-hybridized carbons (Fsp3) is 0.412. The predicted octanol–water partition coefficient (Wildman–Crippen LogP) is 0.971. The number of fused-ring (bicyclic) bond motifs is 1. The fourth-order valence-corrected chi connectivity index (χ4v) is 3.31. The van der Waals surface area contributed by atoms with E-state index in [0.29, 0.717) is 24.7 Å². The lowest BCUT2D eigenvalue weighted by Gasteiger charge is -2.42. The van der Waals surface area contributed by atoms with Gasteiger partial charge in [-0.05, 0) is 12.1 Å². The van der Waals surface area contributed by atoms with Crippen molar-refractivity contribution >= 4 is 11.8 Å². The van der Waals surface area contributed by atoms with Crippen molar-refractivity contribution < 1.29 is 14.1 Å². The van der Waals surface area contributed by atoms with Crippen molar-refractivity contribution in [3.63, 3.8) is 0 Å². The van der Waals surface area contributed by atoms with E-state index in [2.05, 4.69) is 15.4 Å². The molecular formula is C17H20N4O3. The molecule has 0 spiro atoms. The van der Waals surface area contributed by atoms with Crippen molar-refractivity contribution in [2.45, 2.75) is 6.04 Å². The average molecular weight is 328 g/mol. The van der Waals surface area contributed by atoms with Gasteiger partial charge in [-0.3, -0.25) is 14.6 Å². The molecule has 2 saturated heterocycles. The molecule has 2 aliphatic heterocycles. The molecule has 2 aromatic rings. The summed E-state index contributed by atoms with van der Waals surface area (Å²) in [5, 5.41) is 7.40. The highest BCUT2D eigenvalue weighted by Crippen LogP contribution is 2.28. The van der Waals surface area contributed by atoms with Gasteiger partial charge in [0, 0.05) is 44.4 Å². The summed E-state index contributed by atoms with van der Waals surface area (Å²) >= 11 is 0. The zero-order valence-corrected chi connectivity index (χ0v) is 13.6. The summed E-state index contributed by atoms with van der Waals surface area (Å²) < 4.78 is 10.7. The van der Waals surface area contributed by atoms with Crippen LogP contribution in [0.1, 0.15) is 0 Å². The molecule has 1 aromatic heterocycles. The lowest BCUT2D eigenvalue weighted by atomic mass is 10.1. The van der Waals surface area contributed by atoms with E-state index in [4.69, 9.17) is 9.26 Å². The zero-order chi connectivity index (χ0) is 16.5. The number of hydrogen-bond acceptors (Lipinski definition) is 6. The Morgan fingerprint density at radius 1 is 1.29 bits per heavy atom. The third-order valence-electron chi connectivity index (χ3n) is 4.65. The molecule has 1 aromatic carbocycles. The Morgan fingerprint density at radius 3 is 3.08 bits per heavy atom. The molecule has 1 N–H and O–H groups in total.